The standard InChI is InChI=1S/C16H15ClN2O3/c1-9-18-13-7-10(17)5-6-12(13)16(22)19(9)14-4-2-3-11(20)8-15(14)21/h5-7,14H,2-4,8H2,1H3/t14-/m1/s1/i3D2,14D. The highest BCUT2D eigenvalue weighted by Gasteiger charge is 2.28. The van der Waals surface area contributed by atoms with Gasteiger partial charge in [-0.2, -0.15) is 0 Å². The van der Waals surface area contributed by atoms with Crippen LogP contribution in [0.4, 0.5) is 0 Å². The Morgan fingerprint density at radius 3 is 2.95 bits per heavy atom. The lowest BCUT2D eigenvalue weighted by Crippen LogP contribution is -2.32. The van der Waals surface area contributed by atoms with Gasteiger partial charge in [0.25, 0.3) is 5.56 Å². The summed E-state index contributed by atoms with van der Waals surface area (Å²) in [4.78, 5) is 41.6. The number of benzene rings is 1. The van der Waals surface area contributed by atoms with Crippen molar-refractivity contribution in [1.29, 1.82) is 0 Å². The molecule has 0 N–H and O–H groups in total. The van der Waals surface area contributed by atoms with E-state index in [1.54, 1.807) is 0 Å². The van der Waals surface area contributed by atoms with E-state index in [0.29, 0.717) is 10.5 Å². The Kier molecular flexibility index (Phi) is 2.96. The highest BCUT2D eigenvalue weighted by Crippen LogP contribution is 2.24. The first kappa shape index (κ1) is 11.5. The number of carbonyl (C=O) groups excluding carboxylic acids is 2. The Hall–Kier alpha value is -2.01. The van der Waals surface area contributed by atoms with Gasteiger partial charge in [-0.15, -0.1) is 0 Å². The number of halogens is 1. The van der Waals surface area contributed by atoms with Crippen LogP contribution in [0.15, 0.2) is 23.0 Å². The van der Waals surface area contributed by atoms with Gasteiger partial charge in [-0.1, -0.05) is 11.6 Å². The molecule has 3 rings (SSSR count). The molecule has 22 heavy (non-hydrogen) atoms. The third kappa shape index (κ3) is 2.57. The fraction of sp³-hybridized carbons (Fsp3) is 0.375. The maximum Gasteiger partial charge on any atom is 0.262 e. The first-order valence-corrected chi connectivity index (χ1v) is 7.20. The van der Waals surface area contributed by atoms with Crippen molar-refractivity contribution in [3.8, 4) is 0 Å². The average Bonchev–Trinajstić information content (AvgIpc) is 2.58. The van der Waals surface area contributed by atoms with Crippen LogP contribution in [0, 0.1) is 6.92 Å². The summed E-state index contributed by atoms with van der Waals surface area (Å²) in [5.74, 6) is -1.53. The molecule has 0 radical (unpaired) electrons. The monoisotopic (exact) mass is 321 g/mol. The zero-order valence-electron chi connectivity index (χ0n) is 14.9. The molecule has 5 nitrogen and oxygen atoms in total. The van der Waals surface area contributed by atoms with Gasteiger partial charge in [-0.05, 0) is 38.0 Å². The molecule has 1 saturated carbocycles. The Balaban J connectivity index is 2.24. The van der Waals surface area contributed by atoms with Crippen LogP contribution in [0.5, 0.6) is 0 Å². The molecule has 1 heterocycles. The van der Waals surface area contributed by atoms with Crippen molar-refractivity contribution < 1.29 is 13.7 Å². The fourth-order valence-corrected chi connectivity index (χ4v) is 2.76. The number of carbonyl (C=O) groups is 2. The molecular weight excluding hydrogens is 304 g/mol. The number of aryl methyl sites for hydroxylation is 1. The number of hydrogen-bond acceptors (Lipinski definition) is 4. The van der Waals surface area contributed by atoms with Gasteiger partial charge < -0.3 is 0 Å². The lowest BCUT2D eigenvalue weighted by Gasteiger charge is -2.19. The van der Waals surface area contributed by atoms with Crippen molar-refractivity contribution in [2.75, 3.05) is 0 Å². The largest absolute Gasteiger partial charge is 0.299 e. The molecule has 0 unspecified atom stereocenters. The zero-order chi connectivity index (χ0) is 18.6. The third-order valence-corrected chi connectivity index (χ3v) is 3.83. The van der Waals surface area contributed by atoms with Gasteiger partial charge in [0.15, 0.2) is 5.78 Å². The molecule has 0 bridgehead atoms. The summed E-state index contributed by atoms with van der Waals surface area (Å²) in [5, 5.41) is 0.606. The predicted molar refractivity (Wildman–Crippen MR) is 83.3 cm³/mol. The molecule has 0 spiro atoms. The van der Waals surface area contributed by atoms with E-state index in [0.717, 1.165) is 4.57 Å². The molecular formula is C16H15ClN2O3. The minimum atomic E-state index is -2.19. The average molecular weight is 322 g/mol. The fourth-order valence-electron chi connectivity index (χ4n) is 2.59. The number of Topliss-reactive ketones (excluding diaryl/α,β-unsaturated/α-hetero) is 2. The number of rotatable bonds is 1. The van der Waals surface area contributed by atoms with E-state index < -0.39 is 35.9 Å². The summed E-state index contributed by atoms with van der Waals surface area (Å²) in [5.41, 5.74) is -0.236. The predicted octanol–water partition coefficient (Wildman–Crippen LogP) is 2.61. The molecule has 114 valence electrons. The van der Waals surface area contributed by atoms with E-state index in [4.69, 9.17) is 15.7 Å². The number of hydrogen-bond donors (Lipinski definition) is 0. The minimum absolute atomic E-state index is 0.137. The Labute approximate surface area is 136 Å². The quantitative estimate of drug-likeness (QED) is 0.598. The normalized spacial score (nSPS) is 27.1. The molecule has 6 heteroatoms. The SMILES string of the molecule is [2H]C1([2H])CC[C@@]([2H])(n2c(C)nc3cc(Cl)ccc3c2=O)C(=O)CC1=O. The van der Waals surface area contributed by atoms with Crippen molar-refractivity contribution in [2.24, 2.45) is 0 Å². The van der Waals surface area contributed by atoms with Crippen molar-refractivity contribution in [3.63, 3.8) is 0 Å². The van der Waals surface area contributed by atoms with E-state index in [2.05, 4.69) is 4.98 Å². The van der Waals surface area contributed by atoms with Crippen LogP contribution in [-0.4, -0.2) is 21.1 Å². The van der Waals surface area contributed by atoms with Gasteiger partial charge in [0.05, 0.1) is 24.7 Å². The molecule has 1 fully saturated rings. The van der Waals surface area contributed by atoms with Gasteiger partial charge >= 0.3 is 0 Å². The molecule has 1 atom stereocenters. The van der Waals surface area contributed by atoms with Gasteiger partial charge in [-0.25, -0.2) is 4.98 Å². The molecule has 1 aromatic heterocycles. The summed E-state index contributed by atoms with van der Waals surface area (Å²) in [7, 11) is 0. The van der Waals surface area contributed by atoms with Gasteiger partial charge in [0.2, 0.25) is 0 Å². The van der Waals surface area contributed by atoms with Crippen molar-refractivity contribution in [2.45, 2.75) is 38.6 Å². The summed E-state index contributed by atoms with van der Waals surface area (Å²) >= 11 is 5.91. The van der Waals surface area contributed by atoms with Crippen LogP contribution >= 0.6 is 11.6 Å². The number of aromatic nitrogens is 2. The smallest absolute Gasteiger partial charge is 0.262 e. The number of nitrogens with zero attached hydrogens (tertiary/aromatic N) is 2. The van der Waals surface area contributed by atoms with E-state index in [1.807, 2.05) is 0 Å². The van der Waals surface area contributed by atoms with Gasteiger partial charge in [0.1, 0.15) is 11.6 Å². The van der Waals surface area contributed by atoms with Gasteiger partial charge in [0, 0.05) is 14.1 Å². The highest BCUT2D eigenvalue weighted by molar-refractivity contribution is 6.31. The Morgan fingerprint density at radius 1 is 1.41 bits per heavy atom. The molecule has 1 aliphatic rings. The Bertz CT molecular complexity index is 973. The minimum Gasteiger partial charge on any atom is -0.299 e. The highest BCUT2D eigenvalue weighted by atomic mass is 35.5. The first-order valence-electron chi connectivity index (χ1n) is 8.32. The summed E-state index contributed by atoms with van der Waals surface area (Å²) in [6.07, 6.45) is -3.51. The summed E-state index contributed by atoms with van der Waals surface area (Å²) in [6.45, 7) is 1.49. The maximum atomic E-state index is 12.9. The van der Waals surface area contributed by atoms with Crippen LogP contribution in [-0.2, 0) is 9.59 Å². The maximum absolute atomic E-state index is 12.9. The summed E-state index contributed by atoms with van der Waals surface area (Å²) < 4.78 is 25.0. The van der Waals surface area contributed by atoms with Crippen LogP contribution < -0.4 is 5.56 Å². The molecule has 0 aliphatic heterocycles. The summed E-state index contributed by atoms with van der Waals surface area (Å²) in [6, 6.07) is 2.43. The van der Waals surface area contributed by atoms with E-state index in [-0.39, 0.29) is 24.1 Å². The second kappa shape index (κ2) is 5.65. The second-order valence-electron chi connectivity index (χ2n) is 5.11. The van der Waals surface area contributed by atoms with Crippen molar-refractivity contribution in [3.05, 3.63) is 39.4 Å². The van der Waals surface area contributed by atoms with Crippen LogP contribution in [0.1, 0.15) is 41.6 Å². The van der Waals surface area contributed by atoms with Crippen molar-refractivity contribution in [1.82, 2.24) is 9.55 Å². The lowest BCUT2D eigenvalue weighted by molar-refractivity contribution is -0.127. The molecule has 1 aliphatic carbocycles. The van der Waals surface area contributed by atoms with Gasteiger partial charge in [-0.3, -0.25) is 19.0 Å². The Morgan fingerprint density at radius 2 is 2.18 bits per heavy atom. The number of fused-ring (bicyclic) bond motifs is 1. The van der Waals surface area contributed by atoms with E-state index in [1.165, 1.54) is 25.1 Å². The van der Waals surface area contributed by atoms with Crippen LogP contribution in [0.25, 0.3) is 10.9 Å². The molecule has 0 amide bonds. The van der Waals surface area contributed by atoms with Crippen LogP contribution in [0.3, 0.4) is 0 Å². The number of ketones is 2. The van der Waals surface area contributed by atoms with Crippen molar-refractivity contribution >= 4 is 34.1 Å². The topological polar surface area (TPSA) is 69.0 Å². The second-order valence-corrected chi connectivity index (χ2v) is 5.54. The third-order valence-electron chi connectivity index (χ3n) is 3.60. The molecule has 0 saturated heterocycles. The molecule has 2 aromatic rings. The first-order chi connectivity index (χ1) is 11.6. The lowest BCUT2D eigenvalue weighted by atomic mass is 10.1. The van der Waals surface area contributed by atoms with E-state index in [9.17, 15) is 14.4 Å². The zero-order valence-corrected chi connectivity index (χ0v) is 12.6. The van der Waals surface area contributed by atoms with E-state index >= 15 is 0 Å². The molecule has 1 aromatic carbocycles. The van der Waals surface area contributed by atoms with Crippen LogP contribution in [0.2, 0.25) is 5.02 Å².